The van der Waals surface area contributed by atoms with Gasteiger partial charge < -0.3 is 14.9 Å². The normalized spacial score (nSPS) is 19.8. The van der Waals surface area contributed by atoms with Gasteiger partial charge in [-0.1, -0.05) is 45.9 Å². The molecule has 3 rings (SSSR count). The predicted molar refractivity (Wildman–Crippen MR) is 101 cm³/mol. The molecule has 0 saturated carbocycles. The van der Waals surface area contributed by atoms with Crippen molar-refractivity contribution in [3.63, 3.8) is 0 Å². The Balaban J connectivity index is 2.00. The highest BCUT2D eigenvalue weighted by molar-refractivity contribution is 5.49. The highest BCUT2D eigenvalue weighted by Crippen LogP contribution is 2.41. The quantitative estimate of drug-likeness (QED) is 0.828. The van der Waals surface area contributed by atoms with Crippen molar-refractivity contribution in [3.05, 3.63) is 58.1 Å². The number of phenols is 1. The van der Waals surface area contributed by atoms with Crippen LogP contribution in [0.5, 0.6) is 11.5 Å². The van der Waals surface area contributed by atoms with Gasteiger partial charge in [-0.25, -0.2) is 0 Å². The average Bonchev–Trinajstić information content (AvgIpc) is 2.54. The summed E-state index contributed by atoms with van der Waals surface area (Å²) in [4.78, 5) is 0. The standard InChI is InChI=1S/C22H28O3/c1-12(2)16-7-6-15(10-17(16)13(3)4)22-20(24)11-18-19(23)8-14(5)9-21(18)25-22/h6-10,12-13,20,22-24H,11H2,1-5H3. The fourth-order valence-electron chi connectivity index (χ4n) is 3.69. The number of hydrogen-bond donors (Lipinski definition) is 2. The van der Waals surface area contributed by atoms with Crippen LogP contribution in [0, 0.1) is 6.92 Å². The Morgan fingerprint density at radius 1 is 1.00 bits per heavy atom. The highest BCUT2D eigenvalue weighted by Gasteiger charge is 2.32. The lowest BCUT2D eigenvalue weighted by molar-refractivity contribution is 0.0199. The number of aromatic hydroxyl groups is 1. The molecule has 0 saturated heterocycles. The van der Waals surface area contributed by atoms with Gasteiger partial charge in [0, 0.05) is 12.0 Å². The van der Waals surface area contributed by atoms with Gasteiger partial charge in [0.25, 0.3) is 0 Å². The first-order valence-electron chi connectivity index (χ1n) is 9.08. The second-order valence-corrected chi connectivity index (χ2v) is 7.77. The van der Waals surface area contributed by atoms with E-state index < -0.39 is 12.2 Å². The van der Waals surface area contributed by atoms with Gasteiger partial charge in [-0.15, -0.1) is 0 Å². The van der Waals surface area contributed by atoms with Crippen molar-refractivity contribution in [2.75, 3.05) is 0 Å². The number of benzene rings is 2. The first kappa shape index (κ1) is 17.8. The number of hydrogen-bond acceptors (Lipinski definition) is 3. The van der Waals surface area contributed by atoms with E-state index in [2.05, 4.69) is 45.9 Å². The van der Waals surface area contributed by atoms with Crippen LogP contribution in [0.25, 0.3) is 0 Å². The van der Waals surface area contributed by atoms with Gasteiger partial charge in [-0.05, 0) is 53.1 Å². The van der Waals surface area contributed by atoms with Crippen LogP contribution in [-0.4, -0.2) is 16.3 Å². The summed E-state index contributed by atoms with van der Waals surface area (Å²) in [5.41, 5.74) is 5.29. The van der Waals surface area contributed by atoms with Crippen molar-refractivity contribution in [2.45, 2.75) is 65.1 Å². The maximum absolute atomic E-state index is 10.6. The number of aryl methyl sites for hydroxylation is 1. The summed E-state index contributed by atoms with van der Waals surface area (Å²) < 4.78 is 6.12. The van der Waals surface area contributed by atoms with E-state index in [1.807, 2.05) is 13.0 Å². The molecule has 2 unspecified atom stereocenters. The van der Waals surface area contributed by atoms with E-state index in [1.54, 1.807) is 6.07 Å². The van der Waals surface area contributed by atoms with E-state index in [-0.39, 0.29) is 5.75 Å². The summed E-state index contributed by atoms with van der Waals surface area (Å²) in [5.74, 6) is 1.75. The Morgan fingerprint density at radius 2 is 1.68 bits per heavy atom. The Morgan fingerprint density at radius 3 is 2.32 bits per heavy atom. The minimum absolute atomic E-state index is 0.200. The average molecular weight is 340 g/mol. The van der Waals surface area contributed by atoms with Crippen LogP contribution in [-0.2, 0) is 6.42 Å². The lowest BCUT2D eigenvalue weighted by Crippen LogP contribution is -2.30. The third-order valence-corrected chi connectivity index (χ3v) is 5.03. The molecule has 0 radical (unpaired) electrons. The molecule has 2 N–H and O–H groups in total. The fourth-order valence-corrected chi connectivity index (χ4v) is 3.69. The largest absolute Gasteiger partial charge is 0.508 e. The van der Waals surface area contributed by atoms with Crippen LogP contribution < -0.4 is 4.74 Å². The molecule has 1 aliphatic heterocycles. The maximum atomic E-state index is 10.6. The van der Waals surface area contributed by atoms with E-state index >= 15 is 0 Å². The summed E-state index contributed by atoms with van der Waals surface area (Å²) >= 11 is 0. The van der Waals surface area contributed by atoms with Gasteiger partial charge in [0.1, 0.15) is 17.6 Å². The molecule has 0 aliphatic carbocycles. The highest BCUT2D eigenvalue weighted by atomic mass is 16.5. The molecular formula is C22H28O3. The molecule has 0 amide bonds. The zero-order valence-electron chi connectivity index (χ0n) is 15.7. The van der Waals surface area contributed by atoms with Gasteiger partial charge in [-0.2, -0.15) is 0 Å². The third kappa shape index (κ3) is 3.38. The molecule has 2 aromatic carbocycles. The molecule has 134 valence electrons. The lowest BCUT2D eigenvalue weighted by Gasteiger charge is -2.32. The van der Waals surface area contributed by atoms with E-state index in [4.69, 9.17) is 4.74 Å². The minimum atomic E-state index is -0.675. The summed E-state index contributed by atoms with van der Waals surface area (Å²) in [5, 5.41) is 20.8. The maximum Gasteiger partial charge on any atom is 0.150 e. The molecule has 2 aromatic rings. The molecule has 3 heteroatoms. The summed E-state index contributed by atoms with van der Waals surface area (Å²) in [6, 6.07) is 10.0. The van der Waals surface area contributed by atoms with Gasteiger partial charge in [0.15, 0.2) is 0 Å². The second kappa shape index (κ2) is 6.72. The van der Waals surface area contributed by atoms with Crippen molar-refractivity contribution in [2.24, 2.45) is 0 Å². The molecular weight excluding hydrogens is 312 g/mol. The number of aliphatic hydroxyl groups excluding tert-OH is 1. The Bertz CT molecular complexity index is 777. The molecule has 0 spiro atoms. The van der Waals surface area contributed by atoms with Crippen molar-refractivity contribution in [1.29, 1.82) is 0 Å². The van der Waals surface area contributed by atoms with Gasteiger partial charge in [0.2, 0.25) is 0 Å². The first-order valence-corrected chi connectivity index (χ1v) is 9.08. The molecule has 2 atom stereocenters. The van der Waals surface area contributed by atoms with E-state index in [0.717, 1.165) is 11.1 Å². The molecule has 1 heterocycles. The number of rotatable bonds is 3. The van der Waals surface area contributed by atoms with Crippen LogP contribution >= 0.6 is 0 Å². The monoisotopic (exact) mass is 340 g/mol. The lowest BCUT2D eigenvalue weighted by atomic mass is 9.86. The summed E-state index contributed by atoms with van der Waals surface area (Å²) in [6.45, 7) is 10.7. The summed E-state index contributed by atoms with van der Waals surface area (Å²) in [6.07, 6.45) is -0.687. The number of phenolic OH excluding ortho intramolecular Hbond substituents is 1. The van der Waals surface area contributed by atoms with Crippen molar-refractivity contribution < 1.29 is 14.9 Å². The van der Waals surface area contributed by atoms with Gasteiger partial charge >= 0.3 is 0 Å². The zero-order chi connectivity index (χ0) is 18.3. The van der Waals surface area contributed by atoms with E-state index in [1.165, 1.54) is 11.1 Å². The molecule has 0 fully saturated rings. The summed E-state index contributed by atoms with van der Waals surface area (Å²) in [7, 11) is 0. The van der Waals surface area contributed by atoms with Crippen molar-refractivity contribution in [3.8, 4) is 11.5 Å². The molecule has 25 heavy (non-hydrogen) atoms. The number of aliphatic hydroxyl groups is 1. The van der Waals surface area contributed by atoms with Crippen LogP contribution in [0.2, 0.25) is 0 Å². The minimum Gasteiger partial charge on any atom is -0.508 e. The van der Waals surface area contributed by atoms with E-state index in [0.29, 0.717) is 29.6 Å². The van der Waals surface area contributed by atoms with Crippen LogP contribution in [0.3, 0.4) is 0 Å². The smallest absolute Gasteiger partial charge is 0.150 e. The molecule has 3 nitrogen and oxygen atoms in total. The Kier molecular flexibility index (Phi) is 4.79. The second-order valence-electron chi connectivity index (χ2n) is 7.77. The van der Waals surface area contributed by atoms with Crippen LogP contribution in [0.1, 0.15) is 73.5 Å². The Labute approximate surface area is 150 Å². The molecule has 0 aromatic heterocycles. The van der Waals surface area contributed by atoms with Crippen molar-refractivity contribution >= 4 is 0 Å². The van der Waals surface area contributed by atoms with Gasteiger partial charge in [-0.3, -0.25) is 0 Å². The fraction of sp³-hybridized carbons (Fsp3) is 0.455. The Hall–Kier alpha value is -2.00. The zero-order valence-corrected chi connectivity index (χ0v) is 15.7. The SMILES string of the molecule is Cc1cc(O)c2c(c1)OC(c1ccc(C(C)C)c(C(C)C)c1)C(O)C2. The third-order valence-electron chi connectivity index (χ3n) is 5.03. The topological polar surface area (TPSA) is 49.7 Å². The first-order chi connectivity index (χ1) is 11.8. The van der Waals surface area contributed by atoms with Crippen LogP contribution in [0.15, 0.2) is 30.3 Å². The molecule has 0 bridgehead atoms. The number of ether oxygens (including phenoxy) is 1. The van der Waals surface area contributed by atoms with Crippen molar-refractivity contribution in [1.82, 2.24) is 0 Å². The number of fused-ring (bicyclic) bond motifs is 1. The van der Waals surface area contributed by atoms with Gasteiger partial charge in [0.05, 0.1) is 6.10 Å². The molecule has 1 aliphatic rings. The van der Waals surface area contributed by atoms with E-state index in [9.17, 15) is 10.2 Å². The van der Waals surface area contributed by atoms with Crippen LogP contribution in [0.4, 0.5) is 0 Å². The predicted octanol–water partition coefficient (Wildman–Crippen LogP) is 4.98.